The fourth-order valence-electron chi connectivity index (χ4n) is 4.20. The van der Waals surface area contributed by atoms with Gasteiger partial charge in [-0.15, -0.1) is 0 Å². The van der Waals surface area contributed by atoms with Crippen LogP contribution in [0.25, 0.3) is 11.0 Å². The maximum absolute atomic E-state index is 13.3. The number of nitrogens with zero attached hydrogens (tertiary/aromatic N) is 4. The van der Waals surface area contributed by atoms with Gasteiger partial charge in [-0.2, -0.15) is 0 Å². The number of amides is 2. The number of aromatic nitrogens is 3. The Labute approximate surface area is 184 Å². The number of aryl methyl sites for hydroxylation is 1. The Bertz CT molecular complexity index is 1320. The topological polar surface area (TPSA) is 106 Å². The van der Waals surface area contributed by atoms with Gasteiger partial charge in [-0.25, -0.2) is 9.78 Å². The number of hydrogen-bond donors (Lipinski definition) is 1. The summed E-state index contributed by atoms with van der Waals surface area (Å²) in [4.78, 5) is 55.8. The van der Waals surface area contributed by atoms with Crippen LogP contribution in [-0.4, -0.2) is 37.4 Å². The second-order valence-corrected chi connectivity index (χ2v) is 8.08. The molecule has 1 fully saturated rings. The van der Waals surface area contributed by atoms with E-state index in [-0.39, 0.29) is 17.9 Å². The van der Waals surface area contributed by atoms with Crippen LogP contribution in [0.15, 0.2) is 46.0 Å². The Kier molecular flexibility index (Phi) is 5.65. The Morgan fingerprint density at radius 3 is 2.41 bits per heavy atom. The molecular formula is C23H25N5O4. The molecule has 0 spiro atoms. The molecule has 1 saturated heterocycles. The third-order valence-electron chi connectivity index (χ3n) is 5.88. The molecule has 32 heavy (non-hydrogen) atoms. The van der Waals surface area contributed by atoms with Crippen LogP contribution in [-0.2, 0) is 18.9 Å². The minimum Gasteiger partial charge on any atom is -0.330 e. The van der Waals surface area contributed by atoms with E-state index in [2.05, 4.69) is 10.3 Å². The van der Waals surface area contributed by atoms with E-state index in [9.17, 15) is 19.2 Å². The molecule has 0 saturated carbocycles. The highest BCUT2D eigenvalue weighted by atomic mass is 16.2. The van der Waals surface area contributed by atoms with Crippen LogP contribution in [0, 0.1) is 0 Å². The Morgan fingerprint density at radius 2 is 1.72 bits per heavy atom. The molecule has 1 atom stereocenters. The molecule has 0 radical (unpaired) electrons. The molecular weight excluding hydrogens is 410 g/mol. The standard InChI is InChI=1S/C23H25N5O4/c1-14(29)24-16-9-7-15(8-10-16)21(30)28-13-5-4-6-19(28)18-12-11-17-20(25-18)26(2)23(32)27(3)22(17)31/h7-12,19H,4-6,13H2,1-3H3,(H,24,29)/t19-/m1/s1. The van der Waals surface area contributed by atoms with Crippen molar-refractivity contribution in [2.24, 2.45) is 14.1 Å². The number of carbonyl (C=O) groups excluding carboxylic acids is 2. The average Bonchev–Trinajstić information content (AvgIpc) is 2.80. The molecule has 1 N–H and O–H groups in total. The van der Waals surface area contributed by atoms with E-state index < -0.39 is 11.2 Å². The van der Waals surface area contributed by atoms with Gasteiger partial charge in [0.15, 0.2) is 0 Å². The zero-order valence-corrected chi connectivity index (χ0v) is 18.3. The quantitative estimate of drug-likeness (QED) is 0.677. The lowest BCUT2D eigenvalue weighted by Crippen LogP contribution is -2.40. The van der Waals surface area contributed by atoms with E-state index in [1.54, 1.807) is 48.3 Å². The van der Waals surface area contributed by atoms with E-state index in [4.69, 9.17) is 0 Å². The molecule has 2 amide bonds. The summed E-state index contributed by atoms with van der Waals surface area (Å²) in [6.45, 7) is 2.02. The Hall–Kier alpha value is -3.75. The zero-order valence-electron chi connectivity index (χ0n) is 18.3. The molecule has 2 aromatic heterocycles. The van der Waals surface area contributed by atoms with E-state index in [1.165, 1.54) is 18.5 Å². The number of hydrogen-bond acceptors (Lipinski definition) is 5. The van der Waals surface area contributed by atoms with E-state index in [0.29, 0.717) is 34.5 Å². The first-order valence-corrected chi connectivity index (χ1v) is 10.5. The number of fused-ring (bicyclic) bond motifs is 1. The van der Waals surface area contributed by atoms with Crippen molar-refractivity contribution in [3.8, 4) is 0 Å². The fourth-order valence-corrected chi connectivity index (χ4v) is 4.20. The molecule has 1 aliphatic heterocycles. The van der Waals surface area contributed by atoms with Crippen LogP contribution >= 0.6 is 0 Å². The summed E-state index contributed by atoms with van der Waals surface area (Å²) < 4.78 is 2.42. The van der Waals surface area contributed by atoms with Crippen LogP contribution in [0.1, 0.15) is 48.3 Å². The number of piperidine rings is 1. The Balaban J connectivity index is 1.70. The van der Waals surface area contributed by atoms with Gasteiger partial charge in [0.25, 0.3) is 11.5 Å². The van der Waals surface area contributed by atoms with Crippen molar-refractivity contribution < 1.29 is 9.59 Å². The van der Waals surface area contributed by atoms with Gasteiger partial charge in [0.05, 0.1) is 17.1 Å². The molecule has 166 valence electrons. The minimum atomic E-state index is -0.442. The van der Waals surface area contributed by atoms with Crippen molar-refractivity contribution in [1.29, 1.82) is 0 Å². The van der Waals surface area contributed by atoms with Crippen LogP contribution in [0.2, 0.25) is 0 Å². The third-order valence-corrected chi connectivity index (χ3v) is 5.88. The monoisotopic (exact) mass is 435 g/mol. The first-order chi connectivity index (χ1) is 15.3. The predicted molar refractivity (Wildman–Crippen MR) is 121 cm³/mol. The molecule has 3 heterocycles. The van der Waals surface area contributed by atoms with Crippen molar-refractivity contribution in [2.45, 2.75) is 32.2 Å². The second kappa shape index (κ2) is 8.41. The smallest absolute Gasteiger partial charge is 0.330 e. The summed E-state index contributed by atoms with van der Waals surface area (Å²) in [6.07, 6.45) is 2.58. The normalized spacial score (nSPS) is 16.2. The van der Waals surface area contributed by atoms with Gasteiger partial charge in [-0.05, 0) is 55.7 Å². The van der Waals surface area contributed by atoms with Gasteiger partial charge >= 0.3 is 5.69 Å². The van der Waals surface area contributed by atoms with Crippen LogP contribution < -0.4 is 16.6 Å². The first kappa shape index (κ1) is 21.5. The third kappa shape index (κ3) is 3.81. The number of benzene rings is 1. The van der Waals surface area contributed by atoms with Gasteiger partial charge in [-0.1, -0.05) is 0 Å². The lowest BCUT2D eigenvalue weighted by atomic mass is 9.97. The fraction of sp³-hybridized carbons (Fsp3) is 0.348. The molecule has 1 aromatic carbocycles. The van der Waals surface area contributed by atoms with Crippen LogP contribution in [0.4, 0.5) is 5.69 Å². The molecule has 0 aliphatic carbocycles. The molecule has 0 bridgehead atoms. The van der Waals surface area contributed by atoms with E-state index in [0.717, 1.165) is 23.8 Å². The molecule has 3 aromatic rings. The van der Waals surface area contributed by atoms with Gasteiger partial charge < -0.3 is 10.2 Å². The maximum Gasteiger partial charge on any atom is 0.332 e. The largest absolute Gasteiger partial charge is 0.332 e. The van der Waals surface area contributed by atoms with Crippen molar-refractivity contribution in [3.05, 3.63) is 68.5 Å². The van der Waals surface area contributed by atoms with E-state index >= 15 is 0 Å². The number of likely N-dealkylation sites (tertiary alicyclic amines) is 1. The number of nitrogens with one attached hydrogen (secondary N) is 1. The summed E-state index contributed by atoms with van der Waals surface area (Å²) in [7, 11) is 3.03. The summed E-state index contributed by atoms with van der Waals surface area (Å²) in [6, 6.07) is 9.99. The summed E-state index contributed by atoms with van der Waals surface area (Å²) in [5.74, 6) is -0.296. The first-order valence-electron chi connectivity index (χ1n) is 10.5. The molecule has 4 rings (SSSR count). The molecule has 9 heteroatoms. The average molecular weight is 435 g/mol. The second-order valence-electron chi connectivity index (χ2n) is 8.08. The maximum atomic E-state index is 13.3. The highest BCUT2D eigenvalue weighted by molar-refractivity contribution is 5.95. The predicted octanol–water partition coefficient (Wildman–Crippen LogP) is 1.96. The summed E-state index contributed by atoms with van der Waals surface area (Å²) in [5, 5.41) is 3.05. The lowest BCUT2D eigenvalue weighted by molar-refractivity contribution is -0.114. The highest BCUT2D eigenvalue weighted by Gasteiger charge is 2.30. The molecule has 0 unspecified atom stereocenters. The molecule has 1 aliphatic rings. The minimum absolute atomic E-state index is 0.121. The highest BCUT2D eigenvalue weighted by Crippen LogP contribution is 2.32. The summed E-state index contributed by atoms with van der Waals surface area (Å²) >= 11 is 0. The van der Waals surface area contributed by atoms with Crippen molar-refractivity contribution in [3.63, 3.8) is 0 Å². The van der Waals surface area contributed by atoms with Gasteiger partial charge in [0.2, 0.25) is 5.91 Å². The number of pyridine rings is 1. The van der Waals surface area contributed by atoms with Crippen LogP contribution in [0.3, 0.4) is 0 Å². The number of rotatable bonds is 3. The summed E-state index contributed by atoms with van der Waals surface area (Å²) in [5.41, 5.74) is 1.29. The van der Waals surface area contributed by atoms with Gasteiger partial charge in [-0.3, -0.25) is 23.5 Å². The van der Waals surface area contributed by atoms with Crippen LogP contribution in [0.5, 0.6) is 0 Å². The van der Waals surface area contributed by atoms with E-state index in [1.807, 2.05) is 0 Å². The molecule has 9 nitrogen and oxygen atoms in total. The Morgan fingerprint density at radius 1 is 1.00 bits per heavy atom. The van der Waals surface area contributed by atoms with Crippen molar-refractivity contribution in [1.82, 2.24) is 19.0 Å². The van der Waals surface area contributed by atoms with Gasteiger partial charge in [0.1, 0.15) is 5.65 Å². The number of anilines is 1. The zero-order chi connectivity index (χ0) is 23.0. The van der Waals surface area contributed by atoms with Gasteiger partial charge in [0, 0.05) is 38.8 Å². The number of carbonyl (C=O) groups is 2. The van der Waals surface area contributed by atoms with Crippen molar-refractivity contribution in [2.75, 3.05) is 11.9 Å². The lowest BCUT2D eigenvalue weighted by Gasteiger charge is -2.35. The SMILES string of the molecule is CC(=O)Nc1ccc(C(=O)N2CCCC[C@@H]2c2ccc3c(=O)n(C)c(=O)n(C)c3n2)cc1. The van der Waals surface area contributed by atoms with Crippen molar-refractivity contribution >= 4 is 28.5 Å².